The van der Waals surface area contributed by atoms with Gasteiger partial charge in [0, 0.05) is 11.2 Å². The first-order valence-electron chi connectivity index (χ1n) is 5.73. The summed E-state index contributed by atoms with van der Waals surface area (Å²) in [4.78, 5) is 4.28. The molecule has 0 saturated heterocycles. The van der Waals surface area contributed by atoms with Crippen LogP contribution in [-0.2, 0) is 6.42 Å². The summed E-state index contributed by atoms with van der Waals surface area (Å²) in [5.41, 5.74) is 1.48. The Morgan fingerprint density at radius 3 is 2.83 bits per heavy atom. The largest absolute Gasteiger partial charge is 0.311 e. The lowest BCUT2D eigenvalue weighted by Crippen LogP contribution is -2.20. The zero-order chi connectivity index (χ0) is 13.0. The summed E-state index contributed by atoms with van der Waals surface area (Å²) in [6.07, 6.45) is 2.24. The molecule has 1 unspecified atom stereocenters. The zero-order valence-corrected chi connectivity index (χ0v) is 10.8. The van der Waals surface area contributed by atoms with Crippen LogP contribution in [0.2, 0.25) is 5.02 Å². The minimum Gasteiger partial charge on any atom is -0.311 e. The van der Waals surface area contributed by atoms with Crippen LogP contribution >= 0.6 is 11.6 Å². The number of hydrogen-bond acceptors (Lipinski definition) is 2. The van der Waals surface area contributed by atoms with Crippen LogP contribution in [0.15, 0.2) is 42.6 Å². The summed E-state index contributed by atoms with van der Waals surface area (Å²) in [5.74, 6) is -0.240. The minimum absolute atomic E-state index is 0.0285. The fourth-order valence-corrected chi connectivity index (χ4v) is 2.05. The number of nitrogens with zero attached hydrogens (tertiary/aromatic N) is 1. The second-order valence-electron chi connectivity index (χ2n) is 4.04. The number of hydrogen-bond donors (Lipinski definition) is 1. The number of likely N-dealkylation sites (N-methyl/N-ethyl adjacent to an activating group) is 1. The number of aromatic nitrogens is 1. The van der Waals surface area contributed by atoms with Crippen LogP contribution in [0, 0.1) is 5.82 Å². The summed E-state index contributed by atoms with van der Waals surface area (Å²) in [5, 5.41) is 3.69. The molecule has 1 atom stereocenters. The molecule has 0 radical (unpaired) electrons. The zero-order valence-electron chi connectivity index (χ0n) is 10.0. The molecule has 18 heavy (non-hydrogen) atoms. The molecular formula is C14H14ClFN2. The molecule has 1 aromatic heterocycles. The Morgan fingerprint density at radius 1 is 1.33 bits per heavy atom. The SMILES string of the molecule is CNC(Cc1cc(Cl)ccc1F)c1ccccn1. The fraction of sp³-hybridized carbons (Fsp3) is 0.214. The molecule has 94 valence electrons. The second kappa shape index (κ2) is 5.94. The van der Waals surface area contributed by atoms with Crippen LogP contribution in [0.3, 0.4) is 0 Å². The van der Waals surface area contributed by atoms with E-state index in [-0.39, 0.29) is 11.9 Å². The standard InChI is InChI=1S/C14H14ClFN2/c1-17-14(13-4-2-3-7-18-13)9-10-8-11(15)5-6-12(10)16/h2-8,14,17H,9H2,1H3. The van der Waals surface area contributed by atoms with Gasteiger partial charge in [0.15, 0.2) is 0 Å². The first-order chi connectivity index (χ1) is 8.70. The smallest absolute Gasteiger partial charge is 0.126 e. The van der Waals surface area contributed by atoms with Crippen LogP contribution < -0.4 is 5.32 Å². The van der Waals surface area contributed by atoms with Gasteiger partial charge in [0.1, 0.15) is 5.82 Å². The Hall–Kier alpha value is -1.45. The minimum atomic E-state index is -0.240. The Balaban J connectivity index is 2.23. The Kier molecular flexibility index (Phi) is 4.28. The van der Waals surface area contributed by atoms with Gasteiger partial charge in [0.25, 0.3) is 0 Å². The average molecular weight is 265 g/mol. The van der Waals surface area contributed by atoms with Gasteiger partial charge in [0.05, 0.1) is 11.7 Å². The van der Waals surface area contributed by atoms with Crippen molar-refractivity contribution in [3.63, 3.8) is 0 Å². The van der Waals surface area contributed by atoms with Crippen LogP contribution in [0.4, 0.5) is 4.39 Å². The van der Waals surface area contributed by atoms with Gasteiger partial charge < -0.3 is 5.32 Å². The molecule has 0 spiro atoms. The maximum absolute atomic E-state index is 13.7. The fourth-order valence-electron chi connectivity index (χ4n) is 1.86. The molecule has 2 aromatic rings. The highest BCUT2D eigenvalue weighted by atomic mass is 35.5. The molecule has 1 heterocycles. The number of nitrogens with one attached hydrogen (secondary N) is 1. The van der Waals surface area contributed by atoms with Crippen LogP contribution in [0.25, 0.3) is 0 Å². The number of pyridine rings is 1. The van der Waals surface area contributed by atoms with E-state index < -0.39 is 0 Å². The second-order valence-corrected chi connectivity index (χ2v) is 4.47. The molecule has 2 nitrogen and oxygen atoms in total. The monoisotopic (exact) mass is 264 g/mol. The third kappa shape index (κ3) is 3.06. The van der Waals surface area contributed by atoms with Crippen molar-refractivity contribution in [2.24, 2.45) is 0 Å². The molecule has 1 aromatic carbocycles. The van der Waals surface area contributed by atoms with Crippen molar-refractivity contribution in [1.82, 2.24) is 10.3 Å². The van der Waals surface area contributed by atoms with Crippen LogP contribution in [0.1, 0.15) is 17.3 Å². The van der Waals surface area contributed by atoms with E-state index in [0.29, 0.717) is 17.0 Å². The average Bonchev–Trinajstić information content (AvgIpc) is 2.41. The normalized spacial score (nSPS) is 12.4. The third-order valence-electron chi connectivity index (χ3n) is 2.83. The molecular weight excluding hydrogens is 251 g/mol. The Bertz CT molecular complexity index is 516. The predicted molar refractivity (Wildman–Crippen MR) is 71.2 cm³/mol. The molecule has 0 aliphatic carbocycles. The first-order valence-corrected chi connectivity index (χ1v) is 6.10. The van der Waals surface area contributed by atoms with Gasteiger partial charge >= 0.3 is 0 Å². The van der Waals surface area contributed by atoms with E-state index in [1.54, 1.807) is 18.3 Å². The van der Waals surface area contributed by atoms with Crippen molar-refractivity contribution >= 4 is 11.6 Å². The molecule has 0 amide bonds. The summed E-state index contributed by atoms with van der Waals surface area (Å²) >= 11 is 5.89. The first kappa shape index (κ1) is 13.0. The molecule has 1 N–H and O–H groups in total. The molecule has 0 saturated carbocycles. The van der Waals surface area contributed by atoms with Gasteiger partial charge in [0.2, 0.25) is 0 Å². The van der Waals surface area contributed by atoms with Crippen LogP contribution in [0.5, 0.6) is 0 Å². The maximum Gasteiger partial charge on any atom is 0.126 e. The summed E-state index contributed by atoms with van der Waals surface area (Å²) in [6, 6.07) is 10.3. The lowest BCUT2D eigenvalue weighted by molar-refractivity contribution is 0.545. The number of halogens is 2. The van der Waals surface area contributed by atoms with E-state index in [1.165, 1.54) is 6.07 Å². The molecule has 0 aliphatic heterocycles. The van der Waals surface area contributed by atoms with Crippen molar-refractivity contribution in [3.8, 4) is 0 Å². The van der Waals surface area contributed by atoms with Gasteiger partial charge in [-0.15, -0.1) is 0 Å². The van der Waals surface area contributed by atoms with Gasteiger partial charge in [-0.1, -0.05) is 17.7 Å². The van der Waals surface area contributed by atoms with Crippen molar-refractivity contribution < 1.29 is 4.39 Å². The van der Waals surface area contributed by atoms with Crippen LogP contribution in [-0.4, -0.2) is 12.0 Å². The summed E-state index contributed by atoms with van der Waals surface area (Å²) in [7, 11) is 1.84. The maximum atomic E-state index is 13.7. The molecule has 0 aliphatic rings. The summed E-state index contributed by atoms with van der Waals surface area (Å²) < 4.78 is 13.7. The van der Waals surface area contributed by atoms with Crippen molar-refractivity contribution in [3.05, 3.63) is 64.7 Å². The highest BCUT2D eigenvalue weighted by Gasteiger charge is 2.13. The summed E-state index contributed by atoms with van der Waals surface area (Å²) in [6.45, 7) is 0. The van der Waals surface area contributed by atoms with E-state index >= 15 is 0 Å². The number of rotatable bonds is 4. The van der Waals surface area contributed by atoms with E-state index in [4.69, 9.17) is 11.6 Å². The topological polar surface area (TPSA) is 24.9 Å². The van der Waals surface area contributed by atoms with Crippen molar-refractivity contribution in [2.75, 3.05) is 7.05 Å². The van der Waals surface area contributed by atoms with Crippen molar-refractivity contribution in [2.45, 2.75) is 12.5 Å². The highest BCUT2D eigenvalue weighted by Crippen LogP contribution is 2.21. The quantitative estimate of drug-likeness (QED) is 0.916. The molecule has 0 fully saturated rings. The van der Waals surface area contributed by atoms with E-state index in [0.717, 1.165) is 5.69 Å². The Labute approximate surface area is 111 Å². The lowest BCUT2D eigenvalue weighted by Gasteiger charge is -2.16. The lowest BCUT2D eigenvalue weighted by atomic mass is 10.0. The van der Waals surface area contributed by atoms with Gasteiger partial charge in [-0.05, 0) is 49.4 Å². The molecule has 4 heteroatoms. The van der Waals surface area contributed by atoms with Gasteiger partial charge in [-0.3, -0.25) is 4.98 Å². The number of benzene rings is 1. The van der Waals surface area contributed by atoms with Gasteiger partial charge in [-0.2, -0.15) is 0 Å². The third-order valence-corrected chi connectivity index (χ3v) is 3.06. The predicted octanol–water partition coefficient (Wildman–Crippen LogP) is 3.38. The highest BCUT2D eigenvalue weighted by molar-refractivity contribution is 6.30. The van der Waals surface area contributed by atoms with Crippen molar-refractivity contribution in [1.29, 1.82) is 0 Å². The van der Waals surface area contributed by atoms with E-state index in [9.17, 15) is 4.39 Å². The Morgan fingerprint density at radius 2 is 2.17 bits per heavy atom. The van der Waals surface area contributed by atoms with E-state index in [1.807, 2.05) is 25.2 Å². The molecule has 2 rings (SSSR count). The van der Waals surface area contributed by atoms with E-state index in [2.05, 4.69) is 10.3 Å². The van der Waals surface area contributed by atoms with Gasteiger partial charge in [-0.25, -0.2) is 4.39 Å². The molecule has 0 bridgehead atoms.